The van der Waals surface area contributed by atoms with Crippen molar-refractivity contribution < 1.29 is 4.43 Å². The van der Waals surface area contributed by atoms with E-state index in [9.17, 15) is 0 Å². The zero-order valence-electron chi connectivity index (χ0n) is 14.3. The highest BCUT2D eigenvalue weighted by molar-refractivity contribution is 6.76. The van der Waals surface area contributed by atoms with Crippen molar-refractivity contribution in [3.8, 4) is 0 Å². The topological polar surface area (TPSA) is 9.23 Å². The Labute approximate surface area is 128 Å². The molecular weight excluding hydrogens is 260 g/mol. The average Bonchev–Trinajstić information content (AvgIpc) is 2.47. The maximum atomic E-state index is 6.47. The van der Waals surface area contributed by atoms with E-state index in [0.29, 0.717) is 0 Å². The normalized spacial score (nSPS) is 38.4. The summed E-state index contributed by atoms with van der Waals surface area (Å²) in [6, 6.07) is 1.42. The van der Waals surface area contributed by atoms with Gasteiger partial charge in [0.2, 0.25) is 0 Å². The van der Waals surface area contributed by atoms with E-state index in [4.69, 9.17) is 4.43 Å². The summed E-state index contributed by atoms with van der Waals surface area (Å²) in [7, 11) is 0.540. The first-order valence-electron chi connectivity index (χ1n) is 9.17. The summed E-state index contributed by atoms with van der Waals surface area (Å²) in [6.07, 6.45) is 13.0. The molecule has 2 aliphatic carbocycles. The van der Waals surface area contributed by atoms with Gasteiger partial charge in [0.25, 0.3) is 0 Å². The van der Waals surface area contributed by atoms with Crippen molar-refractivity contribution in [1.29, 1.82) is 0 Å². The van der Waals surface area contributed by atoms with Crippen LogP contribution in [0.15, 0.2) is 0 Å². The van der Waals surface area contributed by atoms with E-state index in [0.717, 1.165) is 22.9 Å². The van der Waals surface area contributed by atoms with Gasteiger partial charge in [-0.2, -0.15) is 0 Å². The Balaban J connectivity index is 2.11. The lowest BCUT2D eigenvalue weighted by atomic mass is 9.90. The van der Waals surface area contributed by atoms with Gasteiger partial charge in [-0.05, 0) is 29.0 Å². The van der Waals surface area contributed by atoms with E-state index in [1.54, 1.807) is 0 Å². The molecule has 0 unspecified atom stereocenters. The van der Waals surface area contributed by atoms with Gasteiger partial charge in [-0.25, -0.2) is 0 Å². The Bertz CT molecular complexity index is 253. The second-order valence-corrected chi connectivity index (χ2v) is 12.3. The number of hydrogen-bond acceptors (Lipinski definition) is 1. The van der Waals surface area contributed by atoms with Crippen molar-refractivity contribution in [3.05, 3.63) is 0 Å². The molecule has 0 heterocycles. The summed E-state index contributed by atoms with van der Waals surface area (Å²) in [6.45, 7) is 7.25. The third kappa shape index (κ3) is 3.49. The molecule has 0 atom stereocenters. The van der Waals surface area contributed by atoms with Crippen LogP contribution in [0, 0.1) is 11.8 Å². The van der Waals surface area contributed by atoms with E-state index < -0.39 is 8.32 Å². The second kappa shape index (κ2) is 7.44. The fourth-order valence-corrected chi connectivity index (χ4v) is 10.8. The highest BCUT2D eigenvalue weighted by atomic mass is 28.4. The van der Waals surface area contributed by atoms with Gasteiger partial charge in [-0.3, -0.25) is 0 Å². The minimum absolute atomic E-state index is 0.960. The van der Waals surface area contributed by atoms with Crippen molar-refractivity contribution >= 4 is 8.32 Å². The first kappa shape index (κ1) is 16.5. The summed E-state index contributed by atoms with van der Waals surface area (Å²) >= 11 is 0. The lowest BCUT2D eigenvalue weighted by Crippen LogP contribution is -2.49. The van der Waals surface area contributed by atoms with Gasteiger partial charge in [0.05, 0.1) is 0 Å². The molecule has 1 nitrogen and oxygen atoms in total. The summed E-state index contributed by atoms with van der Waals surface area (Å²) < 4.78 is 6.47. The highest BCUT2D eigenvalue weighted by Gasteiger charge is 2.49. The van der Waals surface area contributed by atoms with Crippen LogP contribution in [0.5, 0.6) is 0 Å². The SMILES string of the molecule is CCC[Si](OC)(C1CCC(C)CC1)C1CCC(C)CC1. The van der Waals surface area contributed by atoms with Crippen LogP contribution < -0.4 is 0 Å². The minimum Gasteiger partial charge on any atom is -0.419 e. The molecular formula is C18H36OSi. The molecule has 2 aliphatic rings. The van der Waals surface area contributed by atoms with Gasteiger partial charge in [-0.1, -0.05) is 78.6 Å². The molecule has 0 amide bonds. The third-order valence-electron chi connectivity index (χ3n) is 6.43. The molecule has 0 N–H and O–H groups in total. The van der Waals surface area contributed by atoms with Gasteiger partial charge in [-0.15, -0.1) is 0 Å². The lowest BCUT2D eigenvalue weighted by Gasteiger charge is -2.47. The van der Waals surface area contributed by atoms with Gasteiger partial charge in [0.15, 0.2) is 8.32 Å². The largest absolute Gasteiger partial charge is 0.419 e. The van der Waals surface area contributed by atoms with Crippen molar-refractivity contribution in [2.75, 3.05) is 7.11 Å². The van der Waals surface area contributed by atoms with Gasteiger partial charge in [0.1, 0.15) is 0 Å². The zero-order valence-corrected chi connectivity index (χ0v) is 15.3. The van der Waals surface area contributed by atoms with Crippen molar-refractivity contribution in [1.82, 2.24) is 0 Å². The minimum atomic E-state index is -1.53. The molecule has 0 aliphatic heterocycles. The summed E-state index contributed by atoms with van der Waals surface area (Å²) in [5.41, 5.74) is 1.92. The fourth-order valence-electron chi connectivity index (χ4n) is 5.07. The first-order valence-corrected chi connectivity index (χ1v) is 11.4. The summed E-state index contributed by atoms with van der Waals surface area (Å²) in [5.74, 6) is 1.92. The summed E-state index contributed by atoms with van der Waals surface area (Å²) in [4.78, 5) is 0. The monoisotopic (exact) mass is 296 g/mol. The Morgan fingerprint density at radius 3 is 1.50 bits per heavy atom. The molecule has 20 heavy (non-hydrogen) atoms. The number of hydrogen-bond donors (Lipinski definition) is 0. The molecule has 0 aromatic heterocycles. The summed E-state index contributed by atoms with van der Waals surface area (Å²) in [5, 5.41) is 0. The molecule has 0 saturated heterocycles. The first-order chi connectivity index (χ1) is 9.62. The fraction of sp³-hybridized carbons (Fsp3) is 1.00. The van der Waals surface area contributed by atoms with E-state index in [2.05, 4.69) is 27.9 Å². The van der Waals surface area contributed by atoms with Crippen LogP contribution in [0.4, 0.5) is 0 Å². The Morgan fingerprint density at radius 2 is 1.20 bits per heavy atom. The lowest BCUT2D eigenvalue weighted by molar-refractivity contribution is 0.283. The van der Waals surface area contributed by atoms with Crippen molar-refractivity contribution in [3.63, 3.8) is 0 Å². The van der Waals surface area contributed by atoms with Gasteiger partial charge < -0.3 is 4.43 Å². The molecule has 0 spiro atoms. The Kier molecular flexibility index (Phi) is 6.16. The van der Waals surface area contributed by atoms with Crippen molar-refractivity contribution in [2.45, 2.75) is 95.7 Å². The molecule has 0 bridgehead atoms. The second-order valence-electron chi connectivity index (χ2n) is 7.82. The van der Waals surface area contributed by atoms with E-state index in [1.165, 1.54) is 63.8 Å². The predicted octanol–water partition coefficient (Wildman–Crippen LogP) is 6.15. The van der Waals surface area contributed by atoms with Crippen LogP contribution >= 0.6 is 0 Å². The van der Waals surface area contributed by atoms with E-state index >= 15 is 0 Å². The molecule has 118 valence electrons. The van der Waals surface area contributed by atoms with Crippen molar-refractivity contribution in [2.24, 2.45) is 11.8 Å². The molecule has 0 radical (unpaired) electrons. The van der Waals surface area contributed by atoms with Crippen LogP contribution in [0.3, 0.4) is 0 Å². The molecule has 2 heteroatoms. The van der Waals surface area contributed by atoms with Gasteiger partial charge >= 0.3 is 0 Å². The molecule has 2 fully saturated rings. The third-order valence-corrected chi connectivity index (χ3v) is 12.4. The molecule has 2 rings (SSSR count). The predicted molar refractivity (Wildman–Crippen MR) is 90.6 cm³/mol. The molecule has 0 aromatic rings. The quantitative estimate of drug-likeness (QED) is 0.553. The maximum Gasteiger partial charge on any atom is 0.198 e. The smallest absolute Gasteiger partial charge is 0.198 e. The van der Waals surface area contributed by atoms with Gasteiger partial charge in [0, 0.05) is 7.11 Å². The maximum absolute atomic E-state index is 6.47. The zero-order chi connectivity index (χ0) is 14.6. The average molecular weight is 297 g/mol. The van der Waals surface area contributed by atoms with E-state index in [-0.39, 0.29) is 0 Å². The molecule has 0 aromatic carbocycles. The van der Waals surface area contributed by atoms with Crippen LogP contribution in [-0.2, 0) is 4.43 Å². The highest BCUT2D eigenvalue weighted by Crippen LogP contribution is 2.52. The van der Waals surface area contributed by atoms with Crippen LogP contribution in [0.2, 0.25) is 17.1 Å². The van der Waals surface area contributed by atoms with Crippen LogP contribution in [0.25, 0.3) is 0 Å². The van der Waals surface area contributed by atoms with E-state index in [1.807, 2.05) is 0 Å². The van der Waals surface area contributed by atoms with Crippen LogP contribution in [-0.4, -0.2) is 15.4 Å². The Hall–Kier alpha value is 0.177. The standard InChI is InChI=1S/C18H36OSi/c1-5-14-20(19-4,17-10-6-15(2)7-11-17)18-12-8-16(3)9-13-18/h15-18H,5-14H2,1-4H3. The number of rotatable bonds is 5. The Morgan fingerprint density at radius 1 is 0.800 bits per heavy atom. The molecule has 2 saturated carbocycles. The van der Waals surface area contributed by atoms with Crippen LogP contribution in [0.1, 0.15) is 78.6 Å².